The Labute approximate surface area is 173 Å². The zero-order valence-corrected chi connectivity index (χ0v) is 17.8. The minimum atomic E-state index is -3.53. The second kappa shape index (κ2) is 10.4. The lowest BCUT2D eigenvalue weighted by atomic mass is 9.99. The average Bonchev–Trinajstić information content (AvgIpc) is 2.76. The van der Waals surface area contributed by atoms with Crippen molar-refractivity contribution in [2.24, 2.45) is 5.92 Å². The van der Waals surface area contributed by atoms with E-state index >= 15 is 0 Å². The van der Waals surface area contributed by atoms with Gasteiger partial charge in [-0.05, 0) is 43.9 Å². The van der Waals surface area contributed by atoms with Gasteiger partial charge in [-0.15, -0.1) is 0 Å². The number of piperidine rings is 1. The van der Waals surface area contributed by atoms with Crippen molar-refractivity contribution in [2.45, 2.75) is 26.2 Å². The molecule has 2 aliphatic rings. The van der Waals surface area contributed by atoms with Crippen molar-refractivity contribution in [3.05, 3.63) is 29.8 Å². The van der Waals surface area contributed by atoms with Crippen molar-refractivity contribution >= 4 is 16.1 Å². The number of nitrogens with one attached hydrogen (secondary N) is 1. The summed E-state index contributed by atoms with van der Waals surface area (Å²) in [6, 6.07) is 7.84. The van der Waals surface area contributed by atoms with Crippen LogP contribution in [-0.4, -0.2) is 75.5 Å². The number of carbonyl (C=O) groups excluding carboxylic acids is 1. The molecular formula is C20H31N3O5S. The molecule has 1 aromatic rings. The van der Waals surface area contributed by atoms with Gasteiger partial charge in [-0.1, -0.05) is 12.1 Å². The monoisotopic (exact) mass is 425 g/mol. The van der Waals surface area contributed by atoms with Gasteiger partial charge in [0.05, 0.1) is 25.7 Å². The van der Waals surface area contributed by atoms with Crippen molar-refractivity contribution in [1.82, 2.24) is 13.9 Å². The summed E-state index contributed by atoms with van der Waals surface area (Å²) in [5.74, 6) is 0.460. The minimum absolute atomic E-state index is 0.0715. The van der Waals surface area contributed by atoms with Gasteiger partial charge < -0.3 is 14.8 Å². The van der Waals surface area contributed by atoms with Crippen molar-refractivity contribution in [3.8, 4) is 5.75 Å². The van der Waals surface area contributed by atoms with Crippen molar-refractivity contribution < 1.29 is 22.7 Å². The van der Waals surface area contributed by atoms with Gasteiger partial charge in [0.25, 0.3) is 10.2 Å². The number of carbonyl (C=O) groups is 1. The van der Waals surface area contributed by atoms with E-state index in [0.717, 1.165) is 17.7 Å². The van der Waals surface area contributed by atoms with Crippen LogP contribution in [0, 0.1) is 5.92 Å². The molecule has 1 amide bonds. The number of benzene rings is 1. The van der Waals surface area contributed by atoms with Crippen LogP contribution >= 0.6 is 0 Å². The summed E-state index contributed by atoms with van der Waals surface area (Å²) in [7, 11) is -3.53. The second-order valence-corrected chi connectivity index (χ2v) is 9.26. The molecule has 1 N–H and O–H groups in total. The van der Waals surface area contributed by atoms with E-state index in [4.69, 9.17) is 9.47 Å². The molecular weight excluding hydrogens is 394 g/mol. The zero-order valence-electron chi connectivity index (χ0n) is 17.0. The molecule has 2 aliphatic heterocycles. The van der Waals surface area contributed by atoms with Crippen LogP contribution in [0.15, 0.2) is 24.3 Å². The molecule has 0 bridgehead atoms. The summed E-state index contributed by atoms with van der Waals surface area (Å²) in [6.07, 6.45) is 2.13. The Balaban J connectivity index is 1.47. The van der Waals surface area contributed by atoms with Gasteiger partial charge in [0.1, 0.15) is 5.75 Å². The number of rotatable bonds is 8. The Morgan fingerprint density at radius 3 is 2.59 bits per heavy atom. The van der Waals surface area contributed by atoms with Crippen LogP contribution in [0.2, 0.25) is 0 Å². The maximum absolute atomic E-state index is 12.8. The molecule has 9 heteroatoms. The van der Waals surface area contributed by atoms with E-state index < -0.39 is 10.2 Å². The third-order valence-electron chi connectivity index (χ3n) is 5.32. The van der Waals surface area contributed by atoms with Gasteiger partial charge in [0.15, 0.2) is 0 Å². The topological polar surface area (TPSA) is 88.2 Å². The molecule has 162 valence electrons. The van der Waals surface area contributed by atoms with Crippen LogP contribution in [0.1, 0.15) is 25.3 Å². The lowest BCUT2D eigenvalue weighted by Gasteiger charge is -2.36. The highest BCUT2D eigenvalue weighted by atomic mass is 32.2. The van der Waals surface area contributed by atoms with E-state index in [1.54, 1.807) is 0 Å². The first kappa shape index (κ1) is 22.0. The first-order valence-corrected chi connectivity index (χ1v) is 11.7. The highest BCUT2D eigenvalue weighted by Crippen LogP contribution is 2.22. The number of hydrogen-bond acceptors (Lipinski definition) is 5. The van der Waals surface area contributed by atoms with Crippen LogP contribution in [0.5, 0.6) is 5.75 Å². The molecule has 0 unspecified atom stereocenters. The first-order chi connectivity index (χ1) is 14.0. The predicted molar refractivity (Wildman–Crippen MR) is 110 cm³/mol. The van der Waals surface area contributed by atoms with Crippen LogP contribution in [0.25, 0.3) is 0 Å². The lowest BCUT2D eigenvalue weighted by Crippen LogP contribution is -2.53. The normalized spacial score (nSPS) is 21.6. The van der Waals surface area contributed by atoms with Crippen molar-refractivity contribution in [1.29, 1.82) is 0 Å². The number of morpholine rings is 1. The first-order valence-electron chi connectivity index (χ1n) is 10.3. The number of amides is 1. The molecule has 3 rings (SSSR count). The summed E-state index contributed by atoms with van der Waals surface area (Å²) in [6.45, 7) is 5.40. The van der Waals surface area contributed by atoms with Crippen molar-refractivity contribution in [2.75, 3.05) is 52.5 Å². The summed E-state index contributed by atoms with van der Waals surface area (Å²) in [4.78, 5) is 12.6. The molecule has 0 saturated carbocycles. The third kappa shape index (κ3) is 5.91. The maximum Gasteiger partial charge on any atom is 0.282 e. The Morgan fingerprint density at radius 2 is 1.90 bits per heavy atom. The van der Waals surface area contributed by atoms with Gasteiger partial charge in [-0.2, -0.15) is 17.0 Å². The fourth-order valence-corrected chi connectivity index (χ4v) is 5.37. The van der Waals surface area contributed by atoms with Crippen LogP contribution in [0.4, 0.5) is 0 Å². The molecule has 0 radical (unpaired) electrons. The molecule has 1 atom stereocenters. The largest absolute Gasteiger partial charge is 0.494 e. The fourth-order valence-electron chi connectivity index (χ4n) is 3.70. The number of hydrogen-bond donors (Lipinski definition) is 1. The smallest absolute Gasteiger partial charge is 0.282 e. The molecule has 2 fully saturated rings. The van der Waals surface area contributed by atoms with Gasteiger partial charge in [0.2, 0.25) is 5.91 Å². The second-order valence-electron chi connectivity index (χ2n) is 7.33. The highest BCUT2D eigenvalue weighted by molar-refractivity contribution is 7.86. The quantitative estimate of drug-likeness (QED) is 0.672. The van der Waals surface area contributed by atoms with Gasteiger partial charge >= 0.3 is 0 Å². The Hall–Kier alpha value is -1.68. The van der Waals surface area contributed by atoms with E-state index in [0.29, 0.717) is 58.8 Å². The summed E-state index contributed by atoms with van der Waals surface area (Å²) < 4.78 is 39.3. The third-order valence-corrected chi connectivity index (χ3v) is 7.33. The maximum atomic E-state index is 12.8. The zero-order chi connectivity index (χ0) is 20.7. The minimum Gasteiger partial charge on any atom is -0.494 e. The summed E-state index contributed by atoms with van der Waals surface area (Å²) in [5, 5.41) is 2.97. The van der Waals surface area contributed by atoms with E-state index in [1.807, 2.05) is 31.2 Å². The molecule has 0 spiro atoms. The predicted octanol–water partition coefficient (Wildman–Crippen LogP) is 1.03. The van der Waals surface area contributed by atoms with Gasteiger partial charge in [-0.3, -0.25) is 4.79 Å². The molecule has 2 heterocycles. The van der Waals surface area contributed by atoms with Crippen molar-refractivity contribution in [3.63, 3.8) is 0 Å². The SMILES string of the molecule is CCOc1ccc(CCNC(=O)[C@@H]2CCCN(S(=O)(=O)N3CCOCC3)C2)cc1. The summed E-state index contributed by atoms with van der Waals surface area (Å²) >= 11 is 0. The molecule has 1 aromatic carbocycles. The van der Waals surface area contributed by atoms with E-state index in [9.17, 15) is 13.2 Å². The number of nitrogens with zero attached hydrogens (tertiary/aromatic N) is 2. The van der Waals surface area contributed by atoms with Crippen LogP contribution in [0.3, 0.4) is 0 Å². The molecule has 8 nitrogen and oxygen atoms in total. The molecule has 2 saturated heterocycles. The standard InChI is InChI=1S/C20H31N3O5S/c1-2-28-19-7-5-17(6-8-19)9-10-21-20(24)18-4-3-11-23(16-18)29(25,26)22-12-14-27-15-13-22/h5-8,18H,2-4,9-16H2,1H3,(H,21,24)/t18-/m1/s1. The molecule has 0 aromatic heterocycles. The number of ether oxygens (including phenoxy) is 2. The Kier molecular flexibility index (Phi) is 7.88. The van der Waals surface area contributed by atoms with E-state index in [2.05, 4.69) is 5.32 Å². The van der Waals surface area contributed by atoms with Gasteiger partial charge in [-0.25, -0.2) is 0 Å². The van der Waals surface area contributed by atoms with Crippen LogP contribution < -0.4 is 10.1 Å². The van der Waals surface area contributed by atoms with E-state index in [-0.39, 0.29) is 18.4 Å². The highest BCUT2D eigenvalue weighted by Gasteiger charge is 2.36. The summed E-state index contributed by atoms with van der Waals surface area (Å²) in [5.41, 5.74) is 1.12. The lowest BCUT2D eigenvalue weighted by molar-refractivity contribution is -0.126. The van der Waals surface area contributed by atoms with E-state index in [1.165, 1.54) is 8.61 Å². The molecule has 29 heavy (non-hydrogen) atoms. The van der Waals surface area contributed by atoms with Crippen LogP contribution in [-0.2, 0) is 26.2 Å². The average molecular weight is 426 g/mol. The molecule has 0 aliphatic carbocycles. The van der Waals surface area contributed by atoms with Gasteiger partial charge in [0, 0.05) is 32.7 Å². The Bertz CT molecular complexity index is 763. The Morgan fingerprint density at radius 1 is 1.17 bits per heavy atom. The fraction of sp³-hybridized carbons (Fsp3) is 0.650.